The van der Waals surface area contributed by atoms with E-state index in [1.807, 2.05) is 0 Å². The largest absolute Gasteiger partial charge is 0.466 e. The number of allylic oxidation sites excluding steroid dienone is 1. The second-order valence-electron chi connectivity index (χ2n) is 4.61. The molecule has 0 aromatic heterocycles. The van der Waals surface area contributed by atoms with E-state index in [0.29, 0.717) is 26.9 Å². The maximum Gasteiger partial charge on any atom is 0.337 e. The van der Waals surface area contributed by atoms with Crippen LogP contribution in [0.25, 0.3) is 0 Å². The fourth-order valence-electron chi connectivity index (χ4n) is 2.15. The molecule has 7 heteroatoms. The van der Waals surface area contributed by atoms with Crippen molar-refractivity contribution < 1.29 is 14.3 Å². The fraction of sp³-hybridized carbons (Fsp3) is 0.286. The number of nitrogens with one attached hydrogen (secondary N) is 1. The smallest absolute Gasteiger partial charge is 0.337 e. The lowest BCUT2D eigenvalue weighted by molar-refractivity contribution is -0.136. The Hall–Kier alpha value is -1.72. The summed E-state index contributed by atoms with van der Waals surface area (Å²) in [6.45, 7) is 1.69. The van der Waals surface area contributed by atoms with Crippen LogP contribution in [0.5, 0.6) is 0 Å². The molecule has 21 heavy (non-hydrogen) atoms. The van der Waals surface area contributed by atoms with E-state index in [1.165, 1.54) is 12.0 Å². The molecule has 1 aromatic carbocycles. The van der Waals surface area contributed by atoms with E-state index in [-0.39, 0.29) is 6.03 Å². The Labute approximate surface area is 132 Å². The molecule has 0 spiro atoms. The summed E-state index contributed by atoms with van der Waals surface area (Å²) < 4.78 is 4.82. The van der Waals surface area contributed by atoms with E-state index in [0.717, 1.165) is 0 Å². The molecule has 2 rings (SSSR count). The Morgan fingerprint density at radius 1 is 1.33 bits per heavy atom. The van der Waals surface area contributed by atoms with Crippen LogP contribution in [0.2, 0.25) is 10.0 Å². The van der Waals surface area contributed by atoms with Crippen LogP contribution in [0.3, 0.4) is 0 Å². The van der Waals surface area contributed by atoms with Crippen LogP contribution in [0.4, 0.5) is 4.79 Å². The van der Waals surface area contributed by atoms with Crippen molar-refractivity contribution in [3.8, 4) is 0 Å². The Bertz CT molecular complexity index is 643. The summed E-state index contributed by atoms with van der Waals surface area (Å²) in [5, 5.41) is 3.51. The van der Waals surface area contributed by atoms with Crippen molar-refractivity contribution in [2.24, 2.45) is 0 Å². The lowest BCUT2D eigenvalue weighted by atomic mass is 9.95. The molecule has 0 radical (unpaired) electrons. The molecule has 0 fully saturated rings. The number of benzene rings is 1. The van der Waals surface area contributed by atoms with Gasteiger partial charge in [0, 0.05) is 12.7 Å². The fourth-order valence-corrected chi connectivity index (χ4v) is 2.46. The van der Waals surface area contributed by atoms with Crippen molar-refractivity contribution in [3.05, 3.63) is 45.1 Å². The van der Waals surface area contributed by atoms with Gasteiger partial charge in [0.1, 0.15) is 0 Å². The minimum absolute atomic E-state index is 0.309. The van der Waals surface area contributed by atoms with Crippen LogP contribution in [0.1, 0.15) is 18.5 Å². The molecule has 1 atom stereocenters. The second kappa shape index (κ2) is 5.95. The number of rotatable bonds is 2. The van der Waals surface area contributed by atoms with Crippen molar-refractivity contribution in [3.63, 3.8) is 0 Å². The normalized spacial score (nSPS) is 18.6. The highest BCUT2D eigenvalue weighted by atomic mass is 35.5. The number of halogens is 2. The topological polar surface area (TPSA) is 58.6 Å². The molecule has 1 aromatic rings. The van der Waals surface area contributed by atoms with Crippen molar-refractivity contribution in [2.45, 2.75) is 13.0 Å². The van der Waals surface area contributed by atoms with Gasteiger partial charge < -0.3 is 15.0 Å². The van der Waals surface area contributed by atoms with E-state index in [2.05, 4.69) is 5.32 Å². The summed E-state index contributed by atoms with van der Waals surface area (Å²) in [4.78, 5) is 25.4. The summed E-state index contributed by atoms with van der Waals surface area (Å²) in [6, 6.07) is 4.01. The van der Waals surface area contributed by atoms with Gasteiger partial charge in [0.25, 0.3) is 0 Å². The van der Waals surface area contributed by atoms with Crippen molar-refractivity contribution in [1.29, 1.82) is 0 Å². The number of methoxy groups -OCH3 is 1. The first-order valence-electron chi connectivity index (χ1n) is 6.15. The monoisotopic (exact) mass is 328 g/mol. The van der Waals surface area contributed by atoms with Gasteiger partial charge in [0.2, 0.25) is 0 Å². The number of amides is 2. The lowest BCUT2D eigenvalue weighted by Gasteiger charge is -2.33. The zero-order valence-electron chi connectivity index (χ0n) is 11.7. The van der Waals surface area contributed by atoms with Crippen LogP contribution in [-0.4, -0.2) is 31.1 Å². The number of urea groups is 1. The Morgan fingerprint density at radius 2 is 2.00 bits per heavy atom. The number of carbonyl (C=O) groups excluding carboxylic acids is 2. The average molecular weight is 329 g/mol. The van der Waals surface area contributed by atoms with Gasteiger partial charge >= 0.3 is 12.0 Å². The summed E-state index contributed by atoms with van der Waals surface area (Å²) >= 11 is 11.9. The molecule has 1 N–H and O–H groups in total. The molecular weight excluding hydrogens is 315 g/mol. The standard InChI is InChI=1S/C14H14Cl2N2O3/c1-7-11(13(19)21-3)12(17-14(20)18(7)2)8-4-5-9(15)10(16)6-8/h4-6,12H,1-3H3,(H,17,20)/t12-/m1/s1. The van der Waals surface area contributed by atoms with Gasteiger partial charge in [-0.1, -0.05) is 29.3 Å². The molecule has 112 valence electrons. The first-order chi connectivity index (χ1) is 9.86. The Morgan fingerprint density at radius 3 is 2.57 bits per heavy atom. The summed E-state index contributed by atoms with van der Waals surface area (Å²) in [5.41, 5.74) is 1.55. The third kappa shape index (κ3) is 2.84. The molecule has 0 saturated heterocycles. The number of nitrogens with zero attached hydrogens (tertiary/aromatic N) is 1. The van der Waals surface area contributed by atoms with Gasteiger partial charge in [-0.15, -0.1) is 0 Å². The maximum absolute atomic E-state index is 12.0. The van der Waals surface area contributed by atoms with Gasteiger partial charge in [-0.05, 0) is 24.6 Å². The van der Waals surface area contributed by atoms with E-state index in [4.69, 9.17) is 27.9 Å². The zero-order valence-corrected chi connectivity index (χ0v) is 13.2. The van der Waals surface area contributed by atoms with Crippen LogP contribution in [-0.2, 0) is 9.53 Å². The van der Waals surface area contributed by atoms with E-state index in [9.17, 15) is 9.59 Å². The number of hydrogen-bond donors (Lipinski definition) is 1. The van der Waals surface area contributed by atoms with Gasteiger partial charge in [0.15, 0.2) is 0 Å². The minimum Gasteiger partial charge on any atom is -0.466 e. The molecular formula is C14H14Cl2N2O3. The van der Waals surface area contributed by atoms with Crippen LogP contribution < -0.4 is 5.32 Å². The molecule has 0 bridgehead atoms. The number of ether oxygens (including phenoxy) is 1. The molecule has 2 amide bonds. The third-order valence-corrected chi connectivity index (χ3v) is 4.18. The number of esters is 1. The van der Waals surface area contributed by atoms with Crippen LogP contribution in [0, 0.1) is 0 Å². The van der Waals surface area contributed by atoms with Gasteiger partial charge in [0.05, 0.1) is 28.8 Å². The summed E-state index contributed by atoms with van der Waals surface area (Å²) in [7, 11) is 2.88. The first kappa shape index (κ1) is 15.7. The van der Waals surface area contributed by atoms with Crippen molar-refractivity contribution >= 4 is 35.2 Å². The zero-order chi connectivity index (χ0) is 15.7. The van der Waals surface area contributed by atoms with Gasteiger partial charge in [-0.25, -0.2) is 9.59 Å². The highest BCUT2D eigenvalue weighted by Gasteiger charge is 2.34. The van der Waals surface area contributed by atoms with Crippen LogP contribution >= 0.6 is 23.2 Å². The maximum atomic E-state index is 12.0. The van der Waals surface area contributed by atoms with E-state index >= 15 is 0 Å². The minimum atomic E-state index is -0.629. The molecule has 0 unspecified atom stereocenters. The van der Waals surface area contributed by atoms with Crippen LogP contribution in [0.15, 0.2) is 29.5 Å². The average Bonchev–Trinajstić information content (AvgIpc) is 2.46. The van der Waals surface area contributed by atoms with Gasteiger partial charge in [-0.2, -0.15) is 0 Å². The third-order valence-electron chi connectivity index (χ3n) is 3.44. The van der Waals surface area contributed by atoms with E-state index in [1.54, 1.807) is 32.2 Å². The number of carbonyl (C=O) groups is 2. The molecule has 1 heterocycles. The lowest BCUT2D eigenvalue weighted by Crippen LogP contribution is -2.46. The van der Waals surface area contributed by atoms with Crippen molar-refractivity contribution in [1.82, 2.24) is 10.2 Å². The second-order valence-corrected chi connectivity index (χ2v) is 5.42. The molecule has 0 aliphatic carbocycles. The number of hydrogen-bond acceptors (Lipinski definition) is 3. The van der Waals surface area contributed by atoms with E-state index < -0.39 is 12.0 Å². The molecule has 0 saturated carbocycles. The molecule has 5 nitrogen and oxygen atoms in total. The first-order valence-corrected chi connectivity index (χ1v) is 6.90. The van der Waals surface area contributed by atoms with Crippen molar-refractivity contribution in [2.75, 3.05) is 14.2 Å². The summed E-state index contributed by atoms with van der Waals surface area (Å²) in [6.07, 6.45) is 0. The predicted octanol–water partition coefficient (Wildman–Crippen LogP) is 3.14. The Kier molecular flexibility index (Phi) is 4.44. The SMILES string of the molecule is COC(=O)C1=C(C)N(C)C(=O)N[C@@H]1c1ccc(Cl)c(Cl)c1. The highest BCUT2D eigenvalue weighted by molar-refractivity contribution is 6.42. The highest BCUT2D eigenvalue weighted by Crippen LogP contribution is 2.33. The Balaban J connectivity index is 2.56. The molecule has 1 aliphatic heterocycles. The summed E-state index contributed by atoms with van der Waals surface area (Å²) in [5.74, 6) is -0.504. The quantitative estimate of drug-likeness (QED) is 0.848. The molecule has 1 aliphatic rings. The predicted molar refractivity (Wildman–Crippen MR) is 80.2 cm³/mol. The van der Waals surface area contributed by atoms with Gasteiger partial charge in [-0.3, -0.25) is 0 Å².